The molecule has 1 atom stereocenters. The Morgan fingerprint density at radius 2 is 1.58 bits per heavy atom. The van der Waals surface area contributed by atoms with Crippen LogP contribution in [-0.4, -0.2) is 40.4 Å². The Kier molecular flexibility index (Phi) is 8.13. The molecule has 0 amide bonds. The van der Waals surface area contributed by atoms with E-state index in [0.717, 1.165) is 18.2 Å². The molecule has 0 unspecified atom stereocenters. The SMILES string of the molecule is CC(C)[C@H](CO)Nc1nc(Nc2ccccc2OC(F)(F)F)cc(-c2cccc(OC(F)(F)F)c2)n1. The van der Waals surface area contributed by atoms with E-state index in [-0.39, 0.29) is 41.2 Å². The number of aliphatic hydroxyl groups is 1. The number of nitrogens with one attached hydrogen (secondary N) is 2. The van der Waals surface area contributed by atoms with Crippen LogP contribution in [0.4, 0.5) is 43.8 Å². The highest BCUT2D eigenvalue weighted by atomic mass is 19.4. The van der Waals surface area contributed by atoms with Crippen molar-refractivity contribution in [2.75, 3.05) is 17.2 Å². The lowest BCUT2D eigenvalue weighted by atomic mass is 10.1. The molecule has 3 aromatic rings. The first-order valence-electron chi connectivity index (χ1n) is 10.6. The number of para-hydroxylation sites is 2. The molecule has 3 rings (SSSR count). The van der Waals surface area contributed by atoms with Gasteiger partial charge >= 0.3 is 12.7 Å². The van der Waals surface area contributed by atoms with E-state index in [0.29, 0.717) is 0 Å². The van der Waals surface area contributed by atoms with Crippen molar-refractivity contribution in [3.05, 3.63) is 54.6 Å². The molecule has 0 saturated carbocycles. The number of aliphatic hydroxyl groups excluding tert-OH is 1. The second kappa shape index (κ2) is 10.9. The molecule has 0 aliphatic rings. The molecule has 0 bridgehead atoms. The zero-order chi connectivity index (χ0) is 26.5. The van der Waals surface area contributed by atoms with Gasteiger partial charge in [0.15, 0.2) is 5.75 Å². The number of benzene rings is 2. The van der Waals surface area contributed by atoms with E-state index in [1.54, 1.807) is 0 Å². The Morgan fingerprint density at radius 3 is 2.22 bits per heavy atom. The van der Waals surface area contributed by atoms with Gasteiger partial charge in [0.2, 0.25) is 5.95 Å². The molecule has 1 aromatic heterocycles. The number of nitrogens with zero attached hydrogens (tertiary/aromatic N) is 2. The molecule has 0 aliphatic carbocycles. The summed E-state index contributed by atoms with van der Waals surface area (Å²) < 4.78 is 84.5. The number of alkyl halides is 6. The molecule has 0 spiro atoms. The van der Waals surface area contributed by atoms with Gasteiger partial charge in [-0.05, 0) is 30.2 Å². The molecular weight excluding hydrogens is 494 g/mol. The molecule has 7 nitrogen and oxygen atoms in total. The smallest absolute Gasteiger partial charge is 0.406 e. The van der Waals surface area contributed by atoms with Gasteiger partial charge in [-0.15, -0.1) is 26.3 Å². The quantitative estimate of drug-likeness (QED) is 0.296. The van der Waals surface area contributed by atoms with Crippen molar-refractivity contribution < 1.29 is 40.9 Å². The number of ether oxygens (including phenoxy) is 2. The zero-order valence-corrected chi connectivity index (χ0v) is 19.0. The van der Waals surface area contributed by atoms with Crippen molar-refractivity contribution in [3.63, 3.8) is 0 Å². The standard InChI is InChI=1S/C23H22F6N4O3/c1-13(2)18(12-34)32-21-31-17(14-6-5-7-15(10-14)35-22(24,25)26)11-20(33-21)30-16-8-3-4-9-19(16)36-23(27,28)29/h3-11,13,18,34H,12H2,1-2H3,(H2,30,31,32,33)/t18-/m0/s1. The largest absolute Gasteiger partial charge is 0.573 e. The van der Waals surface area contributed by atoms with Crippen LogP contribution in [0.2, 0.25) is 0 Å². The van der Waals surface area contributed by atoms with Crippen LogP contribution in [0.1, 0.15) is 13.8 Å². The maximum Gasteiger partial charge on any atom is 0.573 e. The summed E-state index contributed by atoms with van der Waals surface area (Å²) in [4.78, 5) is 8.56. The zero-order valence-electron chi connectivity index (χ0n) is 19.0. The Bertz CT molecular complexity index is 1170. The van der Waals surface area contributed by atoms with E-state index in [2.05, 4.69) is 30.1 Å². The third-order valence-corrected chi connectivity index (χ3v) is 4.78. The molecular formula is C23H22F6N4O3. The fraction of sp³-hybridized carbons (Fsp3) is 0.304. The summed E-state index contributed by atoms with van der Waals surface area (Å²) in [6.07, 6.45) is -9.84. The lowest BCUT2D eigenvalue weighted by molar-refractivity contribution is -0.275. The number of hydrogen-bond donors (Lipinski definition) is 3. The number of rotatable bonds is 9. The molecule has 36 heavy (non-hydrogen) atoms. The third kappa shape index (κ3) is 7.90. The summed E-state index contributed by atoms with van der Waals surface area (Å²) in [5, 5.41) is 15.3. The van der Waals surface area contributed by atoms with Gasteiger partial charge in [-0.25, -0.2) is 4.98 Å². The fourth-order valence-corrected chi connectivity index (χ4v) is 3.09. The van der Waals surface area contributed by atoms with Crippen molar-refractivity contribution in [2.24, 2.45) is 5.92 Å². The molecule has 0 fully saturated rings. The van der Waals surface area contributed by atoms with Crippen LogP contribution in [0.15, 0.2) is 54.6 Å². The molecule has 0 saturated heterocycles. The second-order valence-electron chi connectivity index (χ2n) is 7.88. The van der Waals surface area contributed by atoms with Crippen molar-refractivity contribution in [2.45, 2.75) is 32.6 Å². The molecule has 3 N–H and O–H groups in total. The molecule has 1 heterocycles. The van der Waals surface area contributed by atoms with Gasteiger partial charge in [0, 0.05) is 11.6 Å². The van der Waals surface area contributed by atoms with E-state index in [1.165, 1.54) is 36.4 Å². The summed E-state index contributed by atoms with van der Waals surface area (Å²) in [6, 6.07) is 11.2. The molecule has 194 valence electrons. The van der Waals surface area contributed by atoms with Gasteiger partial charge in [-0.1, -0.05) is 38.1 Å². The van der Waals surface area contributed by atoms with E-state index in [1.807, 2.05) is 13.8 Å². The van der Waals surface area contributed by atoms with Crippen molar-refractivity contribution in [3.8, 4) is 22.8 Å². The minimum absolute atomic E-state index is 0.0147. The Hall–Kier alpha value is -3.74. The van der Waals surface area contributed by atoms with Gasteiger partial charge in [-0.2, -0.15) is 4.98 Å². The highest BCUT2D eigenvalue weighted by Gasteiger charge is 2.32. The Balaban J connectivity index is 2.04. The average Bonchev–Trinajstić information content (AvgIpc) is 2.76. The monoisotopic (exact) mass is 516 g/mol. The van der Waals surface area contributed by atoms with Crippen LogP contribution in [0.3, 0.4) is 0 Å². The van der Waals surface area contributed by atoms with Crippen LogP contribution in [0.5, 0.6) is 11.5 Å². The average molecular weight is 516 g/mol. The van der Waals surface area contributed by atoms with Gasteiger partial charge in [-0.3, -0.25) is 0 Å². The van der Waals surface area contributed by atoms with Crippen LogP contribution in [0.25, 0.3) is 11.3 Å². The first kappa shape index (κ1) is 26.9. The highest BCUT2D eigenvalue weighted by molar-refractivity contribution is 5.70. The summed E-state index contributed by atoms with van der Waals surface area (Å²) >= 11 is 0. The van der Waals surface area contributed by atoms with Crippen LogP contribution < -0.4 is 20.1 Å². The highest BCUT2D eigenvalue weighted by Crippen LogP contribution is 2.34. The van der Waals surface area contributed by atoms with E-state index < -0.39 is 30.3 Å². The van der Waals surface area contributed by atoms with E-state index in [9.17, 15) is 31.4 Å². The number of hydrogen-bond acceptors (Lipinski definition) is 7. The van der Waals surface area contributed by atoms with Crippen LogP contribution in [-0.2, 0) is 0 Å². The van der Waals surface area contributed by atoms with Crippen LogP contribution in [0, 0.1) is 5.92 Å². The predicted octanol–water partition coefficient (Wildman–Crippen LogP) is 6.11. The Morgan fingerprint density at radius 1 is 0.889 bits per heavy atom. The number of halogens is 6. The molecule has 2 aromatic carbocycles. The maximum absolute atomic E-state index is 12.8. The minimum atomic E-state index is -4.94. The number of aromatic nitrogens is 2. The maximum atomic E-state index is 12.8. The molecule has 0 radical (unpaired) electrons. The van der Waals surface area contributed by atoms with Gasteiger partial charge in [0.25, 0.3) is 0 Å². The predicted molar refractivity (Wildman–Crippen MR) is 120 cm³/mol. The summed E-state index contributed by atoms with van der Waals surface area (Å²) in [5.41, 5.74) is 0.287. The summed E-state index contributed by atoms with van der Waals surface area (Å²) in [6.45, 7) is 3.39. The van der Waals surface area contributed by atoms with Gasteiger partial charge in [0.1, 0.15) is 11.6 Å². The summed E-state index contributed by atoms with van der Waals surface area (Å²) in [7, 11) is 0. The third-order valence-electron chi connectivity index (χ3n) is 4.78. The van der Waals surface area contributed by atoms with Crippen LogP contribution >= 0.6 is 0 Å². The number of anilines is 3. The first-order valence-corrected chi connectivity index (χ1v) is 10.6. The second-order valence-corrected chi connectivity index (χ2v) is 7.88. The van der Waals surface area contributed by atoms with Crippen molar-refractivity contribution in [1.82, 2.24) is 9.97 Å². The van der Waals surface area contributed by atoms with Gasteiger partial charge in [0.05, 0.1) is 24.0 Å². The van der Waals surface area contributed by atoms with E-state index >= 15 is 0 Å². The molecule has 0 aliphatic heterocycles. The van der Waals surface area contributed by atoms with Crippen molar-refractivity contribution >= 4 is 17.5 Å². The topological polar surface area (TPSA) is 88.5 Å². The Labute approximate surface area is 202 Å². The summed E-state index contributed by atoms with van der Waals surface area (Å²) in [5.74, 6) is -1.05. The van der Waals surface area contributed by atoms with E-state index in [4.69, 9.17) is 0 Å². The van der Waals surface area contributed by atoms with Gasteiger partial charge < -0.3 is 25.2 Å². The fourth-order valence-electron chi connectivity index (χ4n) is 3.09. The minimum Gasteiger partial charge on any atom is -0.406 e. The lowest BCUT2D eigenvalue weighted by Gasteiger charge is -2.21. The lowest BCUT2D eigenvalue weighted by Crippen LogP contribution is -2.30. The van der Waals surface area contributed by atoms with Crippen molar-refractivity contribution in [1.29, 1.82) is 0 Å². The first-order chi connectivity index (χ1) is 16.8. The normalized spacial score (nSPS) is 12.8. The molecule has 13 heteroatoms.